The Balaban J connectivity index is 1.91. The summed E-state index contributed by atoms with van der Waals surface area (Å²) < 4.78 is 29.2. The Morgan fingerprint density at radius 3 is 2.90 bits per heavy atom. The van der Waals surface area contributed by atoms with Crippen LogP contribution >= 0.6 is 11.3 Å². The van der Waals surface area contributed by atoms with Gasteiger partial charge in [-0.3, -0.25) is 0 Å². The Hall–Kier alpha value is -1.22. The van der Waals surface area contributed by atoms with Gasteiger partial charge in [0.1, 0.15) is 0 Å². The molecule has 8 heteroatoms. The maximum Gasteiger partial charge on any atom is 0.241 e. The van der Waals surface area contributed by atoms with Crippen molar-refractivity contribution in [3.63, 3.8) is 0 Å². The Bertz CT molecular complexity index is 662. The normalized spacial score (nSPS) is 11.9. The summed E-state index contributed by atoms with van der Waals surface area (Å²) in [6.07, 6.45) is 6.02. The second-order valence-corrected chi connectivity index (χ2v) is 7.79. The monoisotopic (exact) mass is 328 g/mol. The Morgan fingerprint density at radius 1 is 1.43 bits per heavy atom. The van der Waals surface area contributed by atoms with Crippen molar-refractivity contribution >= 4 is 21.4 Å². The molecule has 0 saturated carbocycles. The van der Waals surface area contributed by atoms with E-state index in [2.05, 4.69) is 15.0 Å². The van der Waals surface area contributed by atoms with Crippen molar-refractivity contribution in [2.75, 3.05) is 13.6 Å². The first-order valence-electron chi connectivity index (χ1n) is 6.72. The molecular formula is C13H20N4O2S2. The summed E-state index contributed by atoms with van der Waals surface area (Å²) in [4.78, 5) is 6.18. The van der Waals surface area contributed by atoms with Crippen LogP contribution in [0.5, 0.6) is 0 Å². The highest BCUT2D eigenvalue weighted by molar-refractivity contribution is 7.89. The van der Waals surface area contributed by atoms with Gasteiger partial charge in [0, 0.05) is 41.8 Å². The van der Waals surface area contributed by atoms with Gasteiger partial charge in [0.15, 0.2) is 0 Å². The molecule has 2 aromatic rings. The van der Waals surface area contributed by atoms with Crippen LogP contribution in [0.15, 0.2) is 29.7 Å². The van der Waals surface area contributed by atoms with Crippen LogP contribution in [-0.4, -0.2) is 31.6 Å². The standard InChI is InChI=1S/C13H20N4O2S2/c1-11-13(8-12(20-11)9-14-2)21(18,19)16-4-3-6-17-7-5-15-10-17/h5,7-8,10,14,16H,3-4,6,9H2,1-2H3. The number of nitrogens with zero attached hydrogens (tertiary/aromatic N) is 2. The average Bonchev–Trinajstić information content (AvgIpc) is 3.05. The Kier molecular flexibility index (Phi) is 5.51. The molecule has 0 aromatic carbocycles. The van der Waals surface area contributed by atoms with Crippen molar-refractivity contribution in [1.82, 2.24) is 19.6 Å². The van der Waals surface area contributed by atoms with E-state index < -0.39 is 10.0 Å². The quantitative estimate of drug-likeness (QED) is 0.717. The van der Waals surface area contributed by atoms with E-state index in [0.29, 0.717) is 18.0 Å². The molecule has 0 amide bonds. The maximum atomic E-state index is 12.3. The third-order valence-corrected chi connectivity index (χ3v) is 5.78. The lowest BCUT2D eigenvalue weighted by atomic mass is 10.4. The number of thiophene rings is 1. The summed E-state index contributed by atoms with van der Waals surface area (Å²) in [6, 6.07) is 1.74. The number of aryl methyl sites for hydroxylation is 2. The molecular weight excluding hydrogens is 308 g/mol. The minimum atomic E-state index is -3.42. The van der Waals surface area contributed by atoms with E-state index in [9.17, 15) is 8.42 Å². The molecule has 6 nitrogen and oxygen atoms in total. The van der Waals surface area contributed by atoms with Crippen LogP contribution in [0.3, 0.4) is 0 Å². The highest BCUT2D eigenvalue weighted by atomic mass is 32.2. The molecule has 0 spiro atoms. The van der Waals surface area contributed by atoms with Gasteiger partial charge in [-0.1, -0.05) is 0 Å². The molecule has 2 heterocycles. The summed E-state index contributed by atoms with van der Waals surface area (Å²) in [5.41, 5.74) is 0. The van der Waals surface area contributed by atoms with Crippen molar-refractivity contribution in [2.24, 2.45) is 0 Å². The summed E-state index contributed by atoms with van der Waals surface area (Å²) >= 11 is 1.51. The van der Waals surface area contributed by atoms with Gasteiger partial charge in [-0.15, -0.1) is 11.3 Å². The van der Waals surface area contributed by atoms with Crippen LogP contribution in [0.2, 0.25) is 0 Å². The number of rotatable bonds is 8. The summed E-state index contributed by atoms with van der Waals surface area (Å²) in [5, 5.41) is 3.03. The molecule has 0 saturated heterocycles. The molecule has 0 radical (unpaired) electrons. The molecule has 0 unspecified atom stereocenters. The van der Waals surface area contributed by atoms with E-state index in [1.807, 2.05) is 24.7 Å². The minimum Gasteiger partial charge on any atom is -0.337 e. The average molecular weight is 328 g/mol. The van der Waals surface area contributed by atoms with E-state index >= 15 is 0 Å². The van der Waals surface area contributed by atoms with Crippen LogP contribution in [0, 0.1) is 6.92 Å². The van der Waals surface area contributed by atoms with Gasteiger partial charge in [-0.25, -0.2) is 18.1 Å². The van der Waals surface area contributed by atoms with Crippen molar-refractivity contribution in [2.45, 2.75) is 31.3 Å². The fourth-order valence-corrected chi connectivity index (χ4v) is 4.74. The number of nitrogens with one attached hydrogen (secondary N) is 2. The number of imidazole rings is 1. The molecule has 2 rings (SSSR count). The smallest absolute Gasteiger partial charge is 0.241 e. The molecule has 0 fully saturated rings. The molecule has 116 valence electrons. The fraction of sp³-hybridized carbons (Fsp3) is 0.462. The molecule has 2 N–H and O–H groups in total. The SMILES string of the molecule is CNCc1cc(S(=O)(=O)NCCCn2ccnc2)c(C)s1. The third-order valence-electron chi connectivity index (χ3n) is 3.01. The lowest BCUT2D eigenvalue weighted by Crippen LogP contribution is -2.25. The summed E-state index contributed by atoms with van der Waals surface area (Å²) in [6.45, 7) is 3.68. The first kappa shape index (κ1) is 16.2. The van der Waals surface area contributed by atoms with Crippen LogP contribution in [0.1, 0.15) is 16.2 Å². The lowest BCUT2D eigenvalue weighted by molar-refractivity contribution is 0.569. The Morgan fingerprint density at radius 2 is 2.24 bits per heavy atom. The van der Waals surface area contributed by atoms with Gasteiger partial charge >= 0.3 is 0 Å². The molecule has 2 aromatic heterocycles. The van der Waals surface area contributed by atoms with E-state index in [1.165, 1.54) is 11.3 Å². The van der Waals surface area contributed by atoms with Crippen LogP contribution in [0.25, 0.3) is 0 Å². The van der Waals surface area contributed by atoms with Crippen LogP contribution in [0.4, 0.5) is 0 Å². The minimum absolute atomic E-state index is 0.389. The zero-order valence-electron chi connectivity index (χ0n) is 12.2. The van der Waals surface area contributed by atoms with Crippen LogP contribution in [-0.2, 0) is 23.1 Å². The molecule has 21 heavy (non-hydrogen) atoms. The van der Waals surface area contributed by atoms with Gasteiger partial charge < -0.3 is 9.88 Å². The second-order valence-electron chi connectivity index (χ2n) is 4.72. The Labute approximate surface area is 129 Å². The molecule has 0 aliphatic heterocycles. The number of hydrogen-bond acceptors (Lipinski definition) is 5. The largest absolute Gasteiger partial charge is 0.337 e. The van der Waals surface area contributed by atoms with Crippen molar-refractivity contribution < 1.29 is 8.42 Å². The summed E-state index contributed by atoms with van der Waals surface area (Å²) in [5.74, 6) is 0. The van der Waals surface area contributed by atoms with Gasteiger partial charge in [0.2, 0.25) is 10.0 Å². The van der Waals surface area contributed by atoms with Crippen molar-refractivity contribution in [3.8, 4) is 0 Å². The van der Waals surface area contributed by atoms with Gasteiger partial charge in [0.05, 0.1) is 11.2 Å². The lowest BCUT2D eigenvalue weighted by Gasteiger charge is -2.06. The zero-order chi connectivity index (χ0) is 15.3. The molecule has 0 atom stereocenters. The number of sulfonamides is 1. The number of hydrogen-bond donors (Lipinski definition) is 2. The highest BCUT2D eigenvalue weighted by Crippen LogP contribution is 2.25. The third kappa shape index (κ3) is 4.37. The van der Waals surface area contributed by atoms with Gasteiger partial charge in [0.25, 0.3) is 0 Å². The van der Waals surface area contributed by atoms with Crippen molar-refractivity contribution in [3.05, 3.63) is 34.5 Å². The predicted molar refractivity (Wildman–Crippen MR) is 83.9 cm³/mol. The van der Waals surface area contributed by atoms with Gasteiger partial charge in [-0.2, -0.15) is 0 Å². The fourth-order valence-electron chi connectivity index (χ4n) is 2.02. The van der Waals surface area contributed by atoms with E-state index in [0.717, 1.165) is 22.7 Å². The molecule has 0 aliphatic carbocycles. The second kappa shape index (κ2) is 7.17. The van der Waals surface area contributed by atoms with Gasteiger partial charge in [-0.05, 0) is 26.5 Å². The number of aromatic nitrogens is 2. The topological polar surface area (TPSA) is 76.0 Å². The predicted octanol–water partition coefficient (Wildman–Crippen LogP) is 1.34. The molecule has 0 bridgehead atoms. The van der Waals surface area contributed by atoms with Crippen LogP contribution < -0.4 is 10.0 Å². The van der Waals surface area contributed by atoms with E-state index in [-0.39, 0.29) is 0 Å². The van der Waals surface area contributed by atoms with Crippen molar-refractivity contribution in [1.29, 1.82) is 0 Å². The highest BCUT2D eigenvalue weighted by Gasteiger charge is 2.19. The maximum absolute atomic E-state index is 12.3. The van der Waals surface area contributed by atoms with E-state index in [1.54, 1.807) is 18.6 Å². The zero-order valence-corrected chi connectivity index (χ0v) is 13.8. The summed E-state index contributed by atoms with van der Waals surface area (Å²) in [7, 11) is -1.58. The first-order valence-corrected chi connectivity index (χ1v) is 9.02. The first-order chi connectivity index (χ1) is 10.0. The molecule has 0 aliphatic rings. The van der Waals surface area contributed by atoms with E-state index in [4.69, 9.17) is 0 Å².